The predicted molar refractivity (Wildman–Crippen MR) is 70.6 cm³/mol. The zero-order chi connectivity index (χ0) is 13.2. The van der Waals surface area contributed by atoms with Crippen molar-refractivity contribution in [3.63, 3.8) is 0 Å². The van der Waals surface area contributed by atoms with Crippen LogP contribution in [0.1, 0.15) is 26.7 Å². The molecule has 0 radical (unpaired) electrons. The fraction of sp³-hybridized carbons (Fsp3) is 0.923. The Hall–Kier alpha value is -0.650. The second-order valence-corrected chi connectivity index (χ2v) is 4.55. The van der Waals surface area contributed by atoms with Gasteiger partial charge in [0.1, 0.15) is 6.10 Å². The molecule has 1 saturated heterocycles. The topological polar surface area (TPSA) is 50.8 Å². The highest BCUT2D eigenvalue weighted by Crippen LogP contribution is 2.01. The maximum Gasteiger partial charge on any atom is 0.251 e. The Morgan fingerprint density at radius 2 is 2.00 bits per heavy atom. The molecule has 1 rings (SSSR count). The fourth-order valence-electron chi connectivity index (χ4n) is 1.85. The third-order valence-corrected chi connectivity index (χ3v) is 3.01. The van der Waals surface area contributed by atoms with Crippen LogP contribution in [0.3, 0.4) is 0 Å². The van der Waals surface area contributed by atoms with Crippen LogP contribution in [0, 0.1) is 0 Å². The van der Waals surface area contributed by atoms with E-state index in [4.69, 9.17) is 9.47 Å². The summed E-state index contributed by atoms with van der Waals surface area (Å²) in [6, 6.07) is 0. The van der Waals surface area contributed by atoms with Gasteiger partial charge in [0.25, 0.3) is 5.91 Å². The molecule has 0 aliphatic carbocycles. The number of carbonyl (C=O) groups is 1. The van der Waals surface area contributed by atoms with Crippen molar-refractivity contribution in [3.05, 3.63) is 0 Å². The number of piperazine rings is 1. The summed E-state index contributed by atoms with van der Waals surface area (Å²) in [7, 11) is 0. The number of nitrogens with zero attached hydrogens (tertiary/aromatic N) is 1. The molecule has 1 unspecified atom stereocenters. The minimum absolute atomic E-state index is 0.0880. The molecule has 5 heteroatoms. The van der Waals surface area contributed by atoms with E-state index in [1.54, 1.807) is 0 Å². The summed E-state index contributed by atoms with van der Waals surface area (Å²) in [4.78, 5) is 13.9. The van der Waals surface area contributed by atoms with E-state index in [2.05, 4.69) is 12.2 Å². The van der Waals surface area contributed by atoms with Crippen molar-refractivity contribution in [2.24, 2.45) is 0 Å². The van der Waals surface area contributed by atoms with Crippen LogP contribution in [-0.4, -0.2) is 62.9 Å². The number of ether oxygens (including phenoxy) is 2. The van der Waals surface area contributed by atoms with Gasteiger partial charge in [-0.3, -0.25) is 4.79 Å². The first-order valence-electron chi connectivity index (χ1n) is 6.94. The van der Waals surface area contributed by atoms with E-state index >= 15 is 0 Å². The lowest BCUT2D eigenvalue weighted by molar-refractivity contribution is -0.144. The van der Waals surface area contributed by atoms with Gasteiger partial charge in [0, 0.05) is 32.8 Å². The lowest BCUT2D eigenvalue weighted by Gasteiger charge is -2.29. The van der Waals surface area contributed by atoms with Crippen LogP contribution in [0.15, 0.2) is 0 Å². The molecule has 0 saturated carbocycles. The third-order valence-electron chi connectivity index (χ3n) is 3.01. The monoisotopic (exact) mass is 258 g/mol. The van der Waals surface area contributed by atoms with Gasteiger partial charge in [0.2, 0.25) is 0 Å². The number of nitrogens with one attached hydrogen (secondary N) is 1. The number of hydrogen-bond acceptors (Lipinski definition) is 4. The Kier molecular flexibility index (Phi) is 7.96. The maximum atomic E-state index is 12.0. The van der Waals surface area contributed by atoms with E-state index in [0.29, 0.717) is 13.2 Å². The molecule has 1 aliphatic rings. The van der Waals surface area contributed by atoms with Crippen molar-refractivity contribution < 1.29 is 14.3 Å². The van der Waals surface area contributed by atoms with Gasteiger partial charge in [-0.05, 0) is 13.3 Å². The van der Waals surface area contributed by atoms with Gasteiger partial charge >= 0.3 is 0 Å². The molecular weight excluding hydrogens is 232 g/mol. The summed E-state index contributed by atoms with van der Waals surface area (Å²) in [5.74, 6) is 0.0880. The maximum absolute atomic E-state index is 12.0. The number of unbranched alkanes of at least 4 members (excludes halogenated alkanes) is 1. The van der Waals surface area contributed by atoms with E-state index < -0.39 is 0 Å². The quantitative estimate of drug-likeness (QED) is 0.649. The number of hydrogen-bond donors (Lipinski definition) is 1. The molecule has 0 spiro atoms. The van der Waals surface area contributed by atoms with Crippen LogP contribution in [0.2, 0.25) is 0 Å². The highest BCUT2D eigenvalue weighted by Gasteiger charge is 2.22. The molecule has 0 aromatic rings. The van der Waals surface area contributed by atoms with Crippen molar-refractivity contribution in [1.29, 1.82) is 0 Å². The first-order chi connectivity index (χ1) is 8.75. The Morgan fingerprint density at radius 1 is 1.28 bits per heavy atom. The minimum Gasteiger partial charge on any atom is -0.379 e. The molecule has 1 aliphatic heterocycles. The zero-order valence-electron chi connectivity index (χ0n) is 11.6. The molecule has 1 amide bonds. The van der Waals surface area contributed by atoms with Crippen molar-refractivity contribution in [2.45, 2.75) is 32.8 Å². The summed E-state index contributed by atoms with van der Waals surface area (Å²) in [5.41, 5.74) is 0. The normalized spacial score (nSPS) is 17.8. The van der Waals surface area contributed by atoms with Gasteiger partial charge in [0.05, 0.1) is 13.2 Å². The average Bonchev–Trinajstić information content (AvgIpc) is 2.42. The van der Waals surface area contributed by atoms with Gasteiger partial charge in [-0.15, -0.1) is 0 Å². The van der Waals surface area contributed by atoms with Crippen LogP contribution < -0.4 is 5.32 Å². The number of rotatable bonds is 8. The summed E-state index contributed by atoms with van der Waals surface area (Å²) in [6.07, 6.45) is 1.85. The smallest absolute Gasteiger partial charge is 0.251 e. The van der Waals surface area contributed by atoms with Crippen LogP contribution in [0.25, 0.3) is 0 Å². The lowest BCUT2D eigenvalue weighted by atomic mass is 10.3. The van der Waals surface area contributed by atoms with Crippen LogP contribution in [-0.2, 0) is 14.3 Å². The second kappa shape index (κ2) is 9.30. The number of carbonyl (C=O) groups excluding carboxylic acids is 1. The van der Waals surface area contributed by atoms with Gasteiger partial charge in [-0.25, -0.2) is 0 Å². The van der Waals surface area contributed by atoms with Gasteiger partial charge in [-0.2, -0.15) is 0 Å². The SMILES string of the molecule is CCCCOCCOC(C)C(=O)N1CCNCC1. The van der Waals surface area contributed by atoms with Crippen LogP contribution in [0.5, 0.6) is 0 Å². The largest absolute Gasteiger partial charge is 0.379 e. The molecule has 1 fully saturated rings. The Morgan fingerprint density at radius 3 is 2.67 bits per heavy atom. The van der Waals surface area contributed by atoms with Gasteiger partial charge < -0.3 is 19.7 Å². The summed E-state index contributed by atoms with van der Waals surface area (Å²) < 4.78 is 10.9. The van der Waals surface area contributed by atoms with E-state index in [1.165, 1.54) is 0 Å². The molecule has 5 nitrogen and oxygen atoms in total. The van der Waals surface area contributed by atoms with E-state index in [1.807, 2.05) is 11.8 Å². The predicted octanol–water partition coefficient (Wildman–Crippen LogP) is 0.640. The summed E-state index contributed by atoms with van der Waals surface area (Å²) >= 11 is 0. The zero-order valence-corrected chi connectivity index (χ0v) is 11.6. The lowest BCUT2D eigenvalue weighted by Crippen LogP contribution is -2.49. The molecular formula is C13H26N2O3. The Bertz CT molecular complexity index is 230. The van der Waals surface area contributed by atoms with E-state index in [9.17, 15) is 4.79 Å². The molecule has 106 valence electrons. The highest BCUT2D eigenvalue weighted by atomic mass is 16.5. The number of amides is 1. The van der Waals surface area contributed by atoms with E-state index in [-0.39, 0.29) is 12.0 Å². The van der Waals surface area contributed by atoms with Gasteiger partial charge in [0.15, 0.2) is 0 Å². The first-order valence-corrected chi connectivity index (χ1v) is 6.94. The van der Waals surface area contributed by atoms with Crippen molar-refractivity contribution in [2.75, 3.05) is 46.0 Å². The standard InChI is InChI=1S/C13H26N2O3/c1-3-4-9-17-10-11-18-12(2)13(16)15-7-5-14-6-8-15/h12,14H,3-11H2,1-2H3. The first kappa shape index (κ1) is 15.4. The second-order valence-electron chi connectivity index (χ2n) is 4.55. The molecule has 0 aromatic carbocycles. The van der Waals surface area contributed by atoms with Crippen molar-refractivity contribution in [3.8, 4) is 0 Å². The Labute approximate surface area is 110 Å². The van der Waals surface area contributed by atoms with Crippen LogP contribution in [0.4, 0.5) is 0 Å². The van der Waals surface area contributed by atoms with Crippen molar-refractivity contribution >= 4 is 5.91 Å². The molecule has 1 N–H and O–H groups in total. The average molecular weight is 258 g/mol. The fourth-order valence-corrected chi connectivity index (χ4v) is 1.85. The van der Waals surface area contributed by atoms with Crippen molar-refractivity contribution in [1.82, 2.24) is 10.2 Å². The third kappa shape index (κ3) is 5.80. The summed E-state index contributed by atoms with van der Waals surface area (Å²) in [5, 5.41) is 3.23. The van der Waals surface area contributed by atoms with Crippen LogP contribution >= 0.6 is 0 Å². The summed E-state index contributed by atoms with van der Waals surface area (Å²) in [6.45, 7) is 9.09. The Balaban J connectivity index is 2.07. The van der Waals surface area contributed by atoms with Gasteiger partial charge in [-0.1, -0.05) is 13.3 Å². The van der Waals surface area contributed by atoms with E-state index in [0.717, 1.165) is 45.6 Å². The molecule has 1 heterocycles. The molecule has 0 aromatic heterocycles. The molecule has 18 heavy (non-hydrogen) atoms. The molecule has 0 bridgehead atoms. The molecule has 1 atom stereocenters. The highest BCUT2D eigenvalue weighted by molar-refractivity contribution is 5.80. The minimum atomic E-state index is -0.363.